The lowest BCUT2D eigenvalue weighted by Crippen LogP contribution is -2.66. The maximum absolute atomic E-state index is 16.1. The quantitative estimate of drug-likeness (QED) is 0.432. The molecule has 1 aromatic heterocycles. The zero-order valence-electron chi connectivity index (χ0n) is 23.8. The third-order valence-corrected chi connectivity index (χ3v) is 10.6. The highest BCUT2D eigenvalue weighted by Gasteiger charge is 2.52. The van der Waals surface area contributed by atoms with Gasteiger partial charge in [-0.05, 0) is 48.8 Å². The number of hydrogen-bond donors (Lipinski definition) is 1. The summed E-state index contributed by atoms with van der Waals surface area (Å²) in [6.45, 7) is 1.65. The van der Waals surface area contributed by atoms with E-state index in [1.54, 1.807) is 15.6 Å². The highest BCUT2D eigenvalue weighted by Crippen LogP contribution is 2.52. The molecule has 3 aromatic rings. The molecule has 3 fully saturated rings. The van der Waals surface area contributed by atoms with Crippen molar-refractivity contribution in [3.05, 3.63) is 92.9 Å². The van der Waals surface area contributed by atoms with Gasteiger partial charge in [0, 0.05) is 42.2 Å². The summed E-state index contributed by atoms with van der Waals surface area (Å²) in [4.78, 5) is 30.6. The Morgan fingerprint density at radius 3 is 2.56 bits per heavy atom. The largest absolute Gasteiger partial charge is 0.502 e. The summed E-state index contributed by atoms with van der Waals surface area (Å²) in [5.41, 5.74) is 1.89. The highest BCUT2D eigenvalue weighted by molar-refractivity contribution is 5.96. The van der Waals surface area contributed by atoms with E-state index in [1.807, 2.05) is 29.3 Å². The number of nitrogens with zero attached hydrogens (tertiary/aromatic N) is 4. The molecule has 1 amide bonds. The van der Waals surface area contributed by atoms with E-state index in [0.717, 1.165) is 43.4 Å². The Kier molecular flexibility index (Phi) is 6.08. The van der Waals surface area contributed by atoms with E-state index in [2.05, 4.69) is 4.90 Å². The summed E-state index contributed by atoms with van der Waals surface area (Å²) in [5.74, 6) is -2.83. The lowest BCUT2D eigenvalue weighted by atomic mass is 9.67. The fourth-order valence-electron chi connectivity index (χ4n) is 8.54. The monoisotopic (exact) mass is 588 g/mol. The maximum Gasteiger partial charge on any atom is 0.278 e. The van der Waals surface area contributed by atoms with E-state index in [-0.39, 0.29) is 29.2 Å². The number of para-hydroxylation sites is 1. The summed E-state index contributed by atoms with van der Waals surface area (Å²) < 4.78 is 38.5. The fraction of sp³-hybridized carbons (Fsp3) is 0.455. The van der Waals surface area contributed by atoms with Crippen LogP contribution in [0.4, 0.5) is 14.5 Å². The van der Waals surface area contributed by atoms with E-state index >= 15 is 8.78 Å². The normalized spacial score (nSPS) is 25.8. The van der Waals surface area contributed by atoms with Gasteiger partial charge in [-0.2, -0.15) is 0 Å². The Bertz CT molecular complexity index is 1690. The molecule has 8 nitrogen and oxygen atoms in total. The number of aromatic nitrogens is 1. The second-order valence-corrected chi connectivity index (χ2v) is 12.7. The van der Waals surface area contributed by atoms with Crippen LogP contribution in [0.2, 0.25) is 0 Å². The number of rotatable bonds is 1. The Morgan fingerprint density at radius 2 is 1.72 bits per heavy atom. The van der Waals surface area contributed by atoms with Gasteiger partial charge in [-0.15, -0.1) is 0 Å². The summed E-state index contributed by atoms with van der Waals surface area (Å²) >= 11 is 0. The molecular formula is C33H34F2N4O4. The van der Waals surface area contributed by atoms with E-state index < -0.39 is 41.1 Å². The van der Waals surface area contributed by atoms with Crippen molar-refractivity contribution in [2.24, 2.45) is 5.41 Å². The van der Waals surface area contributed by atoms with Crippen molar-refractivity contribution in [1.29, 1.82) is 0 Å². The van der Waals surface area contributed by atoms with Crippen LogP contribution in [0.15, 0.2) is 53.5 Å². The molecular weight excluding hydrogens is 554 g/mol. The zero-order valence-corrected chi connectivity index (χ0v) is 23.8. The van der Waals surface area contributed by atoms with E-state index in [0.29, 0.717) is 31.7 Å². The molecule has 2 saturated heterocycles. The van der Waals surface area contributed by atoms with Crippen molar-refractivity contribution < 1.29 is 23.4 Å². The molecule has 1 N–H and O–H groups in total. The van der Waals surface area contributed by atoms with Crippen LogP contribution in [0.3, 0.4) is 0 Å². The van der Waals surface area contributed by atoms with Gasteiger partial charge >= 0.3 is 0 Å². The number of hydrogen-bond acceptors (Lipinski definition) is 6. The van der Waals surface area contributed by atoms with Gasteiger partial charge in [0.05, 0.1) is 19.3 Å². The molecule has 4 aliphatic heterocycles. The van der Waals surface area contributed by atoms with Crippen molar-refractivity contribution in [1.82, 2.24) is 9.58 Å². The fourth-order valence-corrected chi connectivity index (χ4v) is 8.54. The Labute approximate surface area is 248 Å². The Morgan fingerprint density at radius 1 is 0.907 bits per heavy atom. The van der Waals surface area contributed by atoms with Crippen LogP contribution in [0.5, 0.6) is 5.75 Å². The molecule has 1 saturated carbocycles. The Balaban J connectivity index is 1.42. The van der Waals surface area contributed by atoms with Crippen LogP contribution in [-0.2, 0) is 4.74 Å². The summed E-state index contributed by atoms with van der Waals surface area (Å²) in [6.07, 6.45) is 8.30. The van der Waals surface area contributed by atoms with Crippen molar-refractivity contribution in [3.63, 3.8) is 0 Å². The third kappa shape index (κ3) is 3.88. The average Bonchev–Trinajstić information content (AvgIpc) is 3.14. The molecule has 8 rings (SSSR count). The van der Waals surface area contributed by atoms with Crippen LogP contribution >= 0.6 is 0 Å². The number of benzene rings is 2. The average molecular weight is 589 g/mol. The Hall–Kier alpha value is -3.92. The number of fused-ring (bicyclic) bond motifs is 7. The minimum Gasteiger partial charge on any atom is -0.502 e. The molecule has 1 aliphatic carbocycles. The first-order valence-electron chi connectivity index (χ1n) is 15.3. The number of carbonyl (C=O) groups excluding carboxylic acids is 1. The third-order valence-electron chi connectivity index (χ3n) is 10.6. The summed E-state index contributed by atoms with van der Waals surface area (Å²) in [6, 6.07) is 10.8. The first-order valence-corrected chi connectivity index (χ1v) is 15.3. The second kappa shape index (κ2) is 9.80. The van der Waals surface area contributed by atoms with Crippen LogP contribution < -0.4 is 15.3 Å². The van der Waals surface area contributed by atoms with Gasteiger partial charge < -0.3 is 19.6 Å². The minimum atomic E-state index is -0.926. The molecule has 224 valence electrons. The molecule has 5 heterocycles. The maximum atomic E-state index is 16.1. The number of ether oxygens (including phenoxy) is 1. The molecule has 0 bridgehead atoms. The standard InChI is InChI=1S/C33H34F2N4O4/c34-22-9-8-21-27(28(22)35)24-19-43-17-16-36(24)23-7-3-2-6-20(23)29(21)39-26-18-33(11-4-1-5-12-33)13-15-37(26)32(42)30-31(41)25(40)10-14-38(30)39/h2-3,6-10,14,24,26,29,41H,1,4-5,11-13,15-19H2/t24?,26-,29-/m1/s1. The van der Waals surface area contributed by atoms with Crippen molar-refractivity contribution in [2.75, 3.05) is 36.2 Å². The molecule has 5 aliphatic rings. The van der Waals surface area contributed by atoms with Crippen molar-refractivity contribution in [3.8, 4) is 5.75 Å². The number of piperidine rings is 1. The van der Waals surface area contributed by atoms with E-state index in [9.17, 15) is 14.7 Å². The molecule has 1 unspecified atom stereocenters. The van der Waals surface area contributed by atoms with Gasteiger partial charge in [-0.25, -0.2) is 8.78 Å². The summed E-state index contributed by atoms with van der Waals surface area (Å²) in [7, 11) is 0. The summed E-state index contributed by atoms with van der Waals surface area (Å²) in [5, 5.41) is 13.1. The van der Waals surface area contributed by atoms with Crippen LogP contribution in [0.25, 0.3) is 0 Å². The molecule has 10 heteroatoms. The van der Waals surface area contributed by atoms with Gasteiger partial charge in [0.25, 0.3) is 5.91 Å². The number of anilines is 1. The van der Waals surface area contributed by atoms with Gasteiger partial charge in [0.15, 0.2) is 23.1 Å². The van der Waals surface area contributed by atoms with E-state index in [4.69, 9.17) is 4.74 Å². The number of aromatic hydroxyl groups is 1. The predicted octanol–water partition coefficient (Wildman–Crippen LogP) is 4.98. The van der Waals surface area contributed by atoms with Crippen molar-refractivity contribution >= 4 is 11.6 Å². The smallest absolute Gasteiger partial charge is 0.278 e. The first kappa shape index (κ1) is 26.7. The zero-order chi connectivity index (χ0) is 29.5. The second-order valence-electron chi connectivity index (χ2n) is 12.7. The molecule has 0 radical (unpaired) electrons. The molecule has 3 atom stereocenters. The van der Waals surface area contributed by atoms with Gasteiger partial charge in [-0.1, -0.05) is 43.5 Å². The van der Waals surface area contributed by atoms with Gasteiger partial charge in [0.1, 0.15) is 12.2 Å². The predicted molar refractivity (Wildman–Crippen MR) is 156 cm³/mol. The minimum absolute atomic E-state index is 0.0585. The topological polar surface area (TPSA) is 78.2 Å². The first-order chi connectivity index (χ1) is 20.9. The molecule has 1 spiro atoms. The number of morpholine rings is 1. The van der Waals surface area contributed by atoms with E-state index in [1.165, 1.54) is 24.8 Å². The number of pyridine rings is 1. The van der Waals surface area contributed by atoms with Crippen molar-refractivity contribution in [2.45, 2.75) is 63.2 Å². The SMILES string of the molecule is O=C1c2c(O)c(=O)ccn2N([C@@H]2c3ccccc3N3CCOCC3c3c2ccc(F)c3F)[C@@H]2CC3(CCCCC3)CCN12. The lowest BCUT2D eigenvalue weighted by Gasteiger charge is -2.56. The number of carbonyl (C=O) groups is 1. The highest BCUT2D eigenvalue weighted by atomic mass is 19.2. The van der Waals surface area contributed by atoms with Crippen LogP contribution in [0.1, 0.15) is 84.2 Å². The molecule has 2 aromatic carbocycles. The molecule has 43 heavy (non-hydrogen) atoms. The van der Waals surface area contributed by atoms with Crippen LogP contribution in [-0.4, -0.2) is 53.1 Å². The van der Waals surface area contributed by atoms with Gasteiger partial charge in [0.2, 0.25) is 5.43 Å². The van der Waals surface area contributed by atoms with Crippen LogP contribution in [0, 0.1) is 17.0 Å². The number of amides is 1. The lowest BCUT2D eigenvalue weighted by molar-refractivity contribution is 0.00216. The van der Waals surface area contributed by atoms with Gasteiger partial charge in [-0.3, -0.25) is 19.3 Å². The number of halogens is 2.